The first kappa shape index (κ1) is 14.1. The van der Waals surface area contributed by atoms with Gasteiger partial charge in [-0.2, -0.15) is 0 Å². The molecular weight excluding hydrogens is 275 g/mol. The zero-order chi connectivity index (χ0) is 10.1. The summed E-state index contributed by atoms with van der Waals surface area (Å²) < 4.78 is 0. The van der Waals surface area contributed by atoms with Crippen molar-refractivity contribution >= 4 is 6.08 Å². The van der Waals surface area contributed by atoms with E-state index in [0.717, 1.165) is 6.42 Å². The molecule has 0 radical (unpaired) electrons. The van der Waals surface area contributed by atoms with Gasteiger partial charge in [0.1, 0.15) is 0 Å². The molecule has 0 aromatic heterocycles. The van der Waals surface area contributed by atoms with Crippen molar-refractivity contribution in [1.82, 2.24) is 0 Å². The maximum absolute atomic E-state index is 2.12. The third-order valence-electron chi connectivity index (χ3n) is 1.81. The van der Waals surface area contributed by atoms with Crippen LogP contribution in [0.3, 0.4) is 0 Å². The molecule has 0 amide bonds. The Kier molecular flexibility index (Phi) is 9.07. The van der Waals surface area contributed by atoms with Crippen LogP contribution < -0.4 is 0 Å². The molecular formula is C14H16Pd. The second-order valence-corrected chi connectivity index (χ2v) is 3.00. The summed E-state index contributed by atoms with van der Waals surface area (Å²) in [5.74, 6) is 0. The van der Waals surface area contributed by atoms with Crippen molar-refractivity contribution in [3.05, 3.63) is 66.3 Å². The summed E-state index contributed by atoms with van der Waals surface area (Å²) in [5, 5.41) is 0. The Balaban J connectivity index is 0.000000280. The van der Waals surface area contributed by atoms with E-state index in [1.54, 1.807) is 0 Å². The molecule has 1 heteroatoms. The average Bonchev–Trinajstić information content (AvgIpc) is 2.78. The summed E-state index contributed by atoms with van der Waals surface area (Å²) in [4.78, 5) is 0. The van der Waals surface area contributed by atoms with Gasteiger partial charge < -0.3 is 0 Å². The number of allylic oxidation sites excluding steroid dienone is 5. The predicted molar refractivity (Wildman–Crippen MR) is 64.0 cm³/mol. The Bertz CT molecular complexity index is 310. The molecule has 0 N–H and O–H groups in total. The van der Waals surface area contributed by atoms with Crippen LogP contribution in [0.15, 0.2) is 60.7 Å². The number of hydrogen-bond acceptors (Lipinski definition) is 0. The first-order valence-corrected chi connectivity index (χ1v) is 4.93. The fourth-order valence-corrected chi connectivity index (χ4v) is 1.15. The molecule has 0 saturated carbocycles. The predicted octanol–water partition coefficient (Wildman–Crippen LogP) is 4.22. The smallest absolute Gasteiger partial charge is 0 e. The second-order valence-electron chi connectivity index (χ2n) is 3.00. The molecule has 82 valence electrons. The van der Waals surface area contributed by atoms with Gasteiger partial charge in [0.25, 0.3) is 0 Å². The van der Waals surface area contributed by atoms with Crippen LogP contribution in [0.2, 0.25) is 0 Å². The zero-order valence-corrected chi connectivity index (χ0v) is 10.4. The van der Waals surface area contributed by atoms with Crippen LogP contribution in [-0.2, 0) is 20.4 Å². The van der Waals surface area contributed by atoms with E-state index >= 15 is 0 Å². The molecule has 0 atom stereocenters. The van der Waals surface area contributed by atoms with Crippen LogP contribution in [0, 0.1) is 0 Å². The molecule has 0 nitrogen and oxygen atoms in total. The molecule has 0 unspecified atom stereocenters. The largest absolute Gasteiger partial charge is 0.0871 e. The van der Waals surface area contributed by atoms with Crippen LogP contribution in [0.1, 0.15) is 18.9 Å². The first-order chi connectivity index (χ1) is 6.93. The van der Waals surface area contributed by atoms with Gasteiger partial charge >= 0.3 is 0 Å². The van der Waals surface area contributed by atoms with E-state index in [4.69, 9.17) is 0 Å². The molecule has 0 bridgehead atoms. The van der Waals surface area contributed by atoms with Crippen LogP contribution in [-0.4, -0.2) is 0 Å². The molecule has 1 aromatic rings. The Morgan fingerprint density at radius 2 is 1.60 bits per heavy atom. The molecule has 2 rings (SSSR count). The molecule has 15 heavy (non-hydrogen) atoms. The van der Waals surface area contributed by atoms with E-state index in [9.17, 15) is 0 Å². The molecule has 1 aliphatic carbocycles. The van der Waals surface area contributed by atoms with Crippen molar-refractivity contribution in [3.63, 3.8) is 0 Å². The Labute approximate surface area is 106 Å². The summed E-state index contributed by atoms with van der Waals surface area (Å²) in [6.07, 6.45) is 13.6. The van der Waals surface area contributed by atoms with Crippen LogP contribution in [0.25, 0.3) is 6.08 Å². The van der Waals surface area contributed by atoms with E-state index in [1.807, 2.05) is 31.2 Å². The van der Waals surface area contributed by atoms with Gasteiger partial charge in [0.05, 0.1) is 0 Å². The van der Waals surface area contributed by atoms with Crippen LogP contribution in [0.5, 0.6) is 0 Å². The maximum Gasteiger partial charge on any atom is 0 e. The van der Waals surface area contributed by atoms with Gasteiger partial charge in [0, 0.05) is 20.4 Å². The topological polar surface area (TPSA) is 0 Å². The summed E-state index contributed by atoms with van der Waals surface area (Å²) in [6, 6.07) is 10.3. The van der Waals surface area contributed by atoms with E-state index in [-0.39, 0.29) is 20.4 Å². The van der Waals surface area contributed by atoms with Gasteiger partial charge in [0.2, 0.25) is 0 Å². The standard InChI is InChI=1S/C9H10.C5H6.Pd/c1-2-6-9-7-4-3-5-8-9;1-2-4-5-3-1;/h2-8H,1H3;1-4H,5H2;/b6-2+;;. The van der Waals surface area contributed by atoms with E-state index in [1.165, 1.54) is 5.56 Å². The molecule has 1 aromatic carbocycles. The minimum atomic E-state index is 0. The van der Waals surface area contributed by atoms with E-state index in [2.05, 4.69) is 42.5 Å². The number of benzene rings is 1. The van der Waals surface area contributed by atoms with Gasteiger partial charge in [-0.15, -0.1) is 0 Å². The number of hydrogen-bond donors (Lipinski definition) is 0. The van der Waals surface area contributed by atoms with Gasteiger partial charge in [-0.3, -0.25) is 0 Å². The van der Waals surface area contributed by atoms with Gasteiger partial charge in [-0.25, -0.2) is 0 Å². The van der Waals surface area contributed by atoms with Crippen molar-refractivity contribution in [2.24, 2.45) is 0 Å². The minimum Gasteiger partial charge on any atom is -0.0871 e. The van der Waals surface area contributed by atoms with Gasteiger partial charge in [-0.1, -0.05) is 66.8 Å². The van der Waals surface area contributed by atoms with Crippen LogP contribution >= 0.6 is 0 Å². The average molecular weight is 291 g/mol. The van der Waals surface area contributed by atoms with E-state index < -0.39 is 0 Å². The molecule has 0 heterocycles. The van der Waals surface area contributed by atoms with Gasteiger partial charge in [0.15, 0.2) is 0 Å². The van der Waals surface area contributed by atoms with Crippen molar-refractivity contribution in [3.8, 4) is 0 Å². The quantitative estimate of drug-likeness (QED) is 0.679. The fraction of sp³-hybridized carbons (Fsp3) is 0.143. The Morgan fingerprint density at radius 3 is 2.00 bits per heavy atom. The van der Waals surface area contributed by atoms with Crippen molar-refractivity contribution in [2.75, 3.05) is 0 Å². The molecule has 0 fully saturated rings. The maximum atomic E-state index is 2.12. The summed E-state index contributed by atoms with van der Waals surface area (Å²) in [6.45, 7) is 2.02. The zero-order valence-electron chi connectivity index (χ0n) is 8.87. The minimum absolute atomic E-state index is 0. The Morgan fingerprint density at radius 1 is 1.00 bits per heavy atom. The monoisotopic (exact) mass is 290 g/mol. The third kappa shape index (κ3) is 7.08. The Hall–Kier alpha value is -0.898. The SMILES string of the molecule is C/C=C/c1ccccc1.C1=CCC=C1.[Pd]. The van der Waals surface area contributed by atoms with E-state index in [0.29, 0.717) is 0 Å². The van der Waals surface area contributed by atoms with Crippen LogP contribution in [0.4, 0.5) is 0 Å². The van der Waals surface area contributed by atoms with Crippen molar-refractivity contribution < 1.29 is 20.4 Å². The van der Waals surface area contributed by atoms with Gasteiger partial charge in [-0.05, 0) is 18.9 Å². The van der Waals surface area contributed by atoms with Crippen molar-refractivity contribution in [2.45, 2.75) is 13.3 Å². The normalized spacial score (nSPS) is 12.1. The fourth-order valence-electron chi connectivity index (χ4n) is 1.15. The van der Waals surface area contributed by atoms with Crippen molar-refractivity contribution in [1.29, 1.82) is 0 Å². The summed E-state index contributed by atoms with van der Waals surface area (Å²) >= 11 is 0. The molecule has 0 spiro atoms. The first-order valence-electron chi connectivity index (χ1n) is 4.93. The molecule has 0 saturated heterocycles. The third-order valence-corrected chi connectivity index (χ3v) is 1.81. The molecule has 0 aliphatic heterocycles. The summed E-state index contributed by atoms with van der Waals surface area (Å²) in [5.41, 5.74) is 1.26. The number of rotatable bonds is 1. The molecule has 1 aliphatic rings. The summed E-state index contributed by atoms with van der Waals surface area (Å²) in [7, 11) is 0. The second kappa shape index (κ2) is 9.65.